The van der Waals surface area contributed by atoms with Gasteiger partial charge in [-0.05, 0) is 43.2 Å². The van der Waals surface area contributed by atoms with E-state index in [0.717, 1.165) is 51.0 Å². The smallest absolute Gasteiger partial charge is 0.223 e. The zero-order valence-corrected chi connectivity index (χ0v) is 14.4. The van der Waals surface area contributed by atoms with Gasteiger partial charge in [0.25, 0.3) is 0 Å². The molecular formula is C20H24N4O. The third kappa shape index (κ3) is 3.65. The number of hydrogen-bond acceptors (Lipinski definition) is 4. The first-order chi connectivity index (χ1) is 12.3. The van der Waals surface area contributed by atoms with Crippen LogP contribution in [0.15, 0.2) is 42.9 Å². The van der Waals surface area contributed by atoms with Gasteiger partial charge < -0.3 is 10.2 Å². The second-order valence-electron chi connectivity index (χ2n) is 7.04. The Hall–Kier alpha value is -2.43. The number of nitrogens with one attached hydrogen (secondary N) is 1. The molecule has 5 nitrogen and oxygen atoms in total. The largest absolute Gasteiger partial charge is 0.355 e. The summed E-state index contributed by atoms with van der Waals surface area (Å²) in [5.41, 5.74) is 2.82. The van der Waals surface area contributed by atoms with Crippen LogP contribution in [0.4, 0.5) is 5.82 Å². The molecule has 0 spiro atoms. The lowest BCUT2D eigenvalue weighted by molar-refractivity contribution is -0.126. The predicted molar refractivity (Wildman–Crippen MR) is 97.4 cm³/mol. The number of anilines is 1. The molecule has 0 saturated carbocycles. The first-order valence-electron chi connectivity index (χ1n) is 9.18. The molecule has 1 aromatic heterocycles. The highest BCUT2D eigenvalue weighted by Crippen LogP contribution is 2.24. The Kier molecular flexibility index (Phi) is 4.63. The van der Waals surface area contributed by atoms with Crippen molar-refractivity contribution in [2.24, 2.45) is 5.92 Å². The molecule has 1 unspecified atom stereocenters. The molecule has 0 radical (unpaired) electrons. The molecule has 2 aliphatic rings. The summed E-state index contributed by atoms with van der Waals surface area (Å²) < 4.78 is 0. The number of hydrogen-bond donors (Lipinski definition) is 1. The molecule has 1 aromatic carbocycles. The number of carbonyl (C=O) groups excluding carboxylic acids is 1. The summed E-state index contributed by atoms with van der Waals surface area (Å²) in [7, 11) is 0. The summed E-state index contributed by atoms with van der Waals surface area (Å²) in [5.74, 6) is 1.25. The molecule has 4 rings (SSSR count). The first kappa shape index (κ1) is 16.1. The Morgan fingerprint density at radius 1 is 1.08 bits per heavy atom. The van der Waals surface area contributed by atoms with E-state index in [0.29, 0.717) is 0 Å². The second-order valence-corrected chi connectivity index (χ2v) is 7.04. The zero-order chi connectivity index (χ0) is 17.1. The van der Waals surface area contributed by atoms with E-state index in [1.54, 1.807) is 18.6 Å². The lowest BCUT2D eigenvalue weighted by Crippen LogP contribution is -2.45. The van der Waals surface area contributed by atoms with E-state index in [4.69, 9.17) is 0 Å². The van der Waals surface area contributed by atoms with Crippen molar-refractivity contribution in [1.29, 1.82) is 0 Å². The summed E-state index contributed by atoms with van der Waals surface area (Å²) in [6.07, 6.45) is 10.0. The molecule has 130 valence electrons. The van der Waals surface area contributed by atoms with Crippen molar-refractivity contribution < 1.29 is 4.79 Å². The van der Waals surface area contributed by atoms with Gasteiger partial charge in [-0.3, -0.25) is 9.78 Å². The average molecular weight is 336 g/mol. The minimum Gasteiger partial charge on any atom is -0.355 e. The van der Waals surface area contributed by atoms with Gasteiger partial charge in [0.05, 0.1) is 6.20 Å². The Balaban J connectivity index is 1.30. The fourth-order valence-corrected chi connectivity index (χ4v) is 3.97. The second kappa shape index (κ2) is 7.21. The van der Waals surface area contributed by atoms with Crippen LogP contribution in [0, 0.1) is 5.92 Å². The molecule has 5 heteroatoms. The molecule has 2 aromatic rings. The molecule has 1 N–H and O–H groups in total. The summed E-state index contributed by atoms with van der Waals surface area (Å²) in [5, 5.41) is 3.30. The number of aryl methyl sites for hydroxylation is 1. The highest BCUT2D eigenvalue weighted by atomic mass is 16.1. The molecule has 1 amide bonds. The van der Waals surface area contributed by atoms with E-state index in [2.05, 4.69) is 44.5 Å². The van der Waals surface area contributed by atoms with Gasteiger partial charge in [-0.25, -0.2) is 4.98 Å². The maximum atomic E-state index is 12.7. The van der Waals surface area contributed by atoms with Crippen LogP contribution >= 0.6 is 0 Å². The van der Waals surface area contributed by atoms with Crippen molar-refractivity contribution in [2.75, 3.05) is 18.0 Å². The Labute approximate surface area is 148 Å². The van der Waals surface area contributed by atoms with Crippen LogP contribution < -0.4 is 10.2 Å². The van der Waals surface area contributed by atoms with Crippen LogP contribution in [0.3, 0.4) is 0 Å². The van der Waals surface area contributed by atoms with Crippen molar-refractivity contribution >= 4 is 11.7 Å². The van der Waals surface area contributed by atoms with Crippen LogP contribution in [-0.2, 0) is 17.6 Å². The Bertz CT molecular complexity index is 725. The van der Waals surface area contributed by atoms with Gasteiger partial charge in [0.15, 0.2) is 0 Å². The highest BCUT2D eigenvalue weighted by Gasteiger charge is 2.28. The summed E-state index contributed by atoms with van der Waals surface area (Å²) in [4.78, 5) is 23.4. The molecule has 2 heterocycles. The van der Waals surface area contributed by atoms with Crippen molar-refractivity contribution in [3.05, 3.63) is 54.0 Å². The Morgan fingerprint density at radius 2 is 1.88 bits per heavy atom. The molecular weight excluding hydrogens is 312 g/mol. The number of amides is 1. The van der Waals surface area contributed by atoms with Crippen molar-refractivity contribution in [3.8, 4) is 0 Å². The summed E-state index contributed by atoms with van der Waals surface area (Å²) >= 11 is 0. The van der Waals surface area contributed by atoms with Crippen molar-refractivity contribution in [3.63, 3.8) is 0 Å². The highest BCUT2D eigenvalue weighted by molar-refractivity contribution is 5.79. The zero-order valence-electron chi connectivity index (χ0n) is 14.4. The van der Waals surface area contributed by atoms with E-state index < -0.39 is 0 Å². The normalized spacial score (nSPS) is 20.8. The quantitative estimate of drug-likeness (QED) is 0.935. The minimum atomic E-state index is 0.116. The topological polar surface area (TPSA) is 58.1 Å². The van der Waals surface area contributed by atoms with E-state index in [1.807, 2.05) is 0 Å². The van der Waals surface area contributed by atoms with Crippen LogP contribution in [-0.4, -0.2) is 35.0 Å². The van der Waals surface area contributed by atoms with Gasteiger partial charge >= 0.3 is 0 Å². The standard InChI is InChI=1S/C20H24N4O/c25-20(23-18-6-5-15-3-1-2-4-17(15)13-18)16-7-11-24(12-8-16)19-14-21-9-10-22-19/h1-4,9-10,14,16,18H,5-8,11-13H2,(H,23,25). The maximum Gasteiger partial charge on any atom is 0.223 e. The number of nitrogens with zero attached hydrogens (tertiary/aromatic N) is 3. The molecule has 1 aliphatic carbocycles. The fraction of sp³-hybridized carbons (Fsp3) is 0.450. The van der Waals surface area contributed by atoms with E-state index in [-0.39, 0.29) is 17.9 Å². The van der Waals surface area contributed by atoms with Gasteiger partial charge in [0.2, 0.25) is 5.91 Å². The Morgan fingerprint density at radius 3 is 2.64 bits per heavy atom. The molecule has 1 atom stereocenters. The van der Waals surface area contributed by atoms with Crippen molar-refractivity contribution in [2.45, 2.75) is 38.1 Å². The third-order valence-electron chi connectivity index (χ3n) is 5.43. The molecule has 25 heavy (non-hydrogen) atoms. The lowest BCUT2D eigenvalue weighted by atomic mass is 9.87. The average Bonchev–Trinajstić information content (AvgIpc) is 2.69. The maximum absolute atomic E-state index is 12.7. The molecule has 0 bridgehead atoms. The fourth-order valence-electron chi connectivity index (χ4n) is 3.97. The number of rotatable bonds is 3. The third-order valence-corrected chi connectivity index (χ3v) is 5.43. The van der Waals surface area contributed by atoms with E-state index >= 15 is 0 Å². The summed E-state index contributed by atoms with van der Waals surface area (Å²) in [6.45, 7) is 1.73. The predicted octanol–water partition coefficient (Wildman–Crippen LogP) is 2.37. The van der Waals surface area contributed by atoms with Crippen LogP contribution in [0.1, 0.15) is 30.4 Å². The monoisotopic (exact) mass is 336 g/mol. The summed E-state index contributed by atoms with van der Waals surface area (Å²) in [6, 6.07) is 8.86. The first-order valence-corrected chi connectivity index (χ1v) is 9.18. The minimum absolute atomic E-state index is 0.116. The number of aromatic nitrogens is 2. The van der Waals surface area contributed by atoms with Crippen molar-refractivity contribution in [1.82, 2.24) is 15.3 Å². The van der Waals surface area contributed by atoms with Gasteiger partial charge in [-0.1, -0.05) is 24.3 Å². The van der Waals surface area contributed by atoms with E-state index in [1.165, 1.54) is 11.1 Å². The number of carbonyl (C=O) groups is 1. The number of piperidine rings is 1. The molecule has 1 saturated heterocycles. The van der Waals surface area contributed by atoms with E-state index in [9.17, 15) is 4.79 Å². The van der Waals surface area contributed by atoms with Gasteiger partial charge in [-0.15, -0.1) is 0 Å². The van der Waals surface area contributed by atoms with Crippen LogP contribution in [0.5, 0.6) is 0 Å². The lowest BCUT2D eigenvalue weighted by Gasteiger charge is -2.33. The van der Waals surface area contributed by atoms with Crippen LogP contribution in [0.2, 0.25) is 0 Å². The van der Waals surface area contributed by atoms with Crippen LogP contribution in [0.25, 0.3) is 0 Å². The number of fused-ring (bicyclic) bond motifs is 1. The van der Waals surface area contributed by atoms with Gasteiger partial charge in [0.1, 0.15) is 5.82 Å². The molecule has 1 fully saturated rings. The molecule has 1 aliphatic heterocycles. The number of benzene rings is 1. The SMILES string of the molecule is O=C(NC1CCc2ccccc2C1)C1CCN(c2cnccn2)CC1. The van der Waals surface area contributed by atoms with Gasteiger partial charge in [0, 0.05) is 37.4 Å². The van der Waals surface area contributed by atoms with Gasteiger partial charge in [-0.2, -0.15) is 0 Å².